The van der Waals surface area contributed by atoms with Gasteiger partial charge in [-0.05, 0) is 35.0 Å². The van der Waals surface area contributed by atoms with E-state index in [1.807, 2.05) is 65.6 Å². The summed E-state index contributed by atoms with van der Waals surface area (Å²) in [6.07, 6.45) is 0. The van der Waals surface area contributed by atoms with Crippen LogP contribution in [-0.4, -0.2) is 37.3 Å². The fourth-order valence-electron chi connectivity index (χ4n) is 3.53. The van der Waals surface area contributed by atoms with Crippen LogP contribution in [0, 0.1) is 0 Å². The van der Waals surface area contributed by atoms with E-state index in [1.165, 1.54) is 0 Å². The van der Waals surface area contributed by atoms with Gasteiger partial charge in [0.05, 0.1) is 14.2 Å². The van der Waals surface area contributed by atoms with Gasteiger partial charge in [0.1, 0.15) is 16.9 Å². The molecule has 0 saturated carbocycles. The van der Waals surface area contributed by atoms with E-state index >= 15 is 0 Å². The molecule has 0 aromatic heterocycles. The van der Waals surface area contributed by atoms with Crippen molar-refractivity contribution in [3.05, 3.63) is 71.8 Å². The van der Waals surface area contributed by atoms with Gasteiger partial charge in [0.25, 0.3) is 5.91 Å². The molecular weight excluding hydrogens is 358 g/mol. The minimum Gasteiger partial charge on any atom is -0.497 e. The van der Waals surface area contributed by atoms with E-state index in [4.69, 9.17) is 9.47 Å². The Morgan fingerprint density at radius 1 is 1.04 bits per heavy atom. The van der Waals surface area contributed by atoms with Gasteiger partial charge in [-0.2, -0.15) is 0 Å². The number of nitrogens with zero attached hydrogens (tertiary/aromatic N) is 1. The van der Waals surface area contributed by atoms with E-state index in [2.05, 4.69) is 0 Å². The van der Waals surface area contributed by atoms with E-state index in [9.17, 15) is 4.79 Å². The average Bonchev–Trinajstić information content (AvgIpc) is 3.22. The van der Waals surface area contributed by atoms with Gasteiger partial charge in [-0.3, -0.25) is 4.79 Å². The van der Waals surface area contributed by atoms with E-state index in [0.717, 1.165) is 39.2 Å². The lowest BCUT2D eigenvalue weighted by Gasteiger charge is -2.26. The summed E-state index contributed by atoms with van der Waals surface area (Å²) in [4.78, 5) is 15.4. The van der Waals surface area contributed by atoms with Crippen LogP contribution in [0.3, 0.4) is 0 Å². The maximum atomic E-state index is 13.4. The van der Waals surface area contributed by atoms with Crippen LogP contribution in [0.2, 0.25) is 0 Å². The zero-order chi connectivity index (χ0) is 18.8. The Bertz CT molecular complexity index is 983. The van der Waals surface area contributed by atoms with Crippen LogP contribution in [0.25, 0.3) is 10.8 Å². The fourth-order valence-corrected chi connectivity index (χ4v) is 4.80. The molecule has 138 valence electrons. The highest BCUT2D eigenvalue weighted by Gasteiger charge is 2.34. The highest BCUT2D eigenvalue weighted by Crippen LogP contribution is 2.44. The van der Waals surface area contributed by atoms with Gasteiger partial charge in [-0.1, -0.05) is 36.4 Å². The SMILES string of the molecule is COc1ccc(OC)c([C@@H]2SCCN2C(=O)c2cccc3ccccc23)c1. The van der Waals surface area contributed by atoms with Crippen molar-refractivity contribution in [2.24, 2.45) is 0 Å². The van der Waals surface area contributed by atoms with Gasteiger partial charge in [-0.25, -0.2) is 0 Å². The molecule has 1 heterocycles. The number of benzene rings is 3. The molecular formula is C22H21NO3S. The van der Waals surface area contributed by atoms with Crippen LogP contribution in [0.5, 0.6) is 11.5 Å². The lowest BCUT2D eigenvalue weighted by Crippen LogP contribution is -2.30. The van der Waals surface area contributed by atoms with Gasteiger partial charge in [-0.15, -0.1) is 11.8 Å². The van der Waals surface area contributed by atoms with Crippen molar-refractivity contribution >= 4 is 28.4 Å². The molecule has 1 aliphatic rings. The third-order valence-electron chi connectivity index (χ3n) is 4.87. The molecule has 27 heavy (non-hydrogen) atoms. The van der Waals surface area contributed by atoms with Crippen molar-refractivity contribution < 1.29 is 14.3 Å². The molecule has 0 spiro atoms. The summed E-state index contributed by atoms with van der Waals surface area (Å²) in [6.45, 7) is 0.706. The number of carbonyl (C=O) groups excluding carboxylic acids is 1. The number of hydrogen-bond acceptors (Lipinski definition) is 4. The van der Waals surface area contributed by atoms with Crippen molar-refractivity contribution in [2.75, 3.05) is 26.5 Å². The molecule has 5 heteroatoms. The Labute approximate surface area is 163 Å². The van der Waals surface area contributed by atoms with Gasteiger partial charge in [0, 0.05) is 23.4 Å². The molecule has 1 amide bonds. The van der Waals surface area contributed by atoms with Crippen molar-refractivity contribution in [3.63, 3.8) is 0 Å². The molecule has 1 saturated heterocycles. The molecule has 1 aliphatic heterocycles. The Morgan fingerprint density at radius 3 is 2.67 bits per heavy atom. The number of methoxy groups -OCH3 is 2. The standard InChI is InChI=1S/C22H21NO3S/c1-25-16-10-11-20(26-2)19(14-16)22-23(12-13-27-22)21(24)18-9-5-7-15-6-3-4-8-17(15)18/h3-11,14,22H,12-13H2,1-2H3/t22-/m0/s1. The zero-order valence-electron chi connectivity index (χ0n) is 15.3. The highest BCUT2D eigenvalue weighted by molar-refractivity contribution is 7.99. The number of carbonyl (C=O) groups is 1. The van der Waals surface area contributed by atoms with Crippen LogP contribution in [0.15, 0.2) is 60.7 Å². The van der Waals surface area contributed by atoms with Gasteiger partial charge < -0.3 is 14.4 Å². The van der Waals surface area contributed by atoms with Crippen molar-refractivity contribution in [2.45, 2.75) is 5.37 Å². The molecule has 0 radical (unpaired) electrons. The summed E-state index contributed by atoms with van der Waals surface area (Å²) in [5.41, 5.74) is 1.70. The molecule has 0 N–H and O–H groups in total. The maximum absolute atomic E-state index is 13.4. The van der Waals surface area contributed by atoms with E-state index in [1.54, 1.807) is 26.0 Å². The topological polar surface area (TPSA) is 38.8 Å². The van der Waals surface area contributed by atoms with Gasteiger partial charge >= 0.3 is 0 Å². The van der Waals surface area contributed by atoms with E-state index in [-0.39, 0.29) is 11.3 Å². The van der Waals surface area contributed by atoms with Crippen LogP contribution < -0.4 is 9.47 Å². The molecule has 3 aromatic rings. The zero-order valence-corrected chi connectivity index (χ0v) is 16.2. The number of thioether (sulfide) groups is 1. The first-order valence-electron chi connectivity index (χ1n) is 8.85. The van der Waals surface area contributed by atoms with E-state index < -0.39 is 0 Å². The number of hydrogen-bond donors (Lipinski definition) is 0. The Balaban J connectivity index is 1.74. The average molecular weight is 379 g/mol. The Morgan fingerprint density at radius 2 is 1.85 bits per heavy atom. The second kappa shape index (κ2) is 7.53. The highest BCUT2D eigenvalue weighted by atomic mass is 32.2. The molecule has 4 nitrogen and oxygen atoms in total. The first kappa shape index (κ1) is 17.7. The fraction of sp³-hybridized carbons (Fsp3) is 0.227. The normalized spacial score (nSPS) is 16.5. The molecule has 1 atom stereocenters. The first-order valence-corrected chi connectivity index (χ1v) is 9.90. The third-order valence-corrected chi connectivity index (χ3v) is 6.12. The first-order chi connectivity index (χ1) is 13.2. The van der Waals surface area contributed by atoms with Crippen LogP contribution in [-0.2, 0) is 0 Å². The smallest absolute Gasteiger partial charge is 0.255 e. The summed E-state index contributed by atoms with van der Waals surface area (Å²) >= 11 is 1.75. The maximum Gasteiger partial charge on any atom is 0.255 e. The van der Waals surface area contributed by atoms with Gasteiger partial charge in [0.15, 0.2) is 0 Å². The molecule has 3 aromatic carbocycles. The Kier molecular flexibility index (Phi) is 4.94. The minimum absolute atomic E-state index is 0.0478. The van der Waals surface area contributed by atoms with Crippen molar-refractivity contribution in [1.82, 2.24) is 4.90 Å². The quantitative estimate of drug-likeness (QED) is 0.656. The van der Waals surface area contributed by atoms with E-state index in [0.29, 0.717) is 6.54 Å². The molecule has 4 rings (SSSR count). The largest absolute Gasteiger partial charge is 0.497 e. The number of ether oxygens (including phenoxy) is 2. The molecule has 0 unspecified atom stereocenters. The van der Waals surface area contributed by atoms with Crippen LogP contribution >= 0.6 is 11.8 Å². The van der Waals surface area contributed by atoms with Crippen molar-refractivity contribution in [3.8, 4) is 11.5 Å². The monoisotopic (exact) mass is 379 g/mol. The summed E-state index contributed by atoms with van der Waals surface area (Å²) in [5, 5.41) is 1.96. The van der Waals surface area contributed by atoms with Gasteiger partial charge in [0.2, 0.25) is 0 Å². The minimum atomic E-state index is -0.0958. The second-order valence-corrected chi connectivity index (χ2v) is 7.54. The third kappa shape index (κ3) is 3.23. The lowest BCUT2D eigenvalue weighted by atomic mass is 10.0. The second-order valence-electron chi connectivity index (χ2n) is 6.36. The number of fused-ring (bicyclic) bond motifs is 1. The number of amides is 1. The lowest BCUT2D eigenvalue weighted by molar-refractivity contribution is 0.0761. The number of rotatable bonds is 4. The van der Waals surface area contributed by atoms with Crippen molar-refractivity contribution in [1.29, 1.82) is 0 Å². The predicted octanol–water partition coefficient (Wildman–Crippen LogP) is 4.74. The summed E-state index contributed by atoms with van der Waals surface area (Å²) in [6, 6.07) is 19.6. The van der Waals surface area contributed by atoms with Crippen LogP contribution in [0.4, 0.5) is 0 Å². The summed E-state index contributed by atoms with van der Waals surface area (Å²) < 4.78 is 10.9. The summed E-state index contributed by atoms with van der Waals surface area (Å²) in [7, 11) is 3.30. The van der Waals surface area contributed by atoms with Crippen LogP contribution in [0.1, 0.15) is 21.3 Å². The summed E-state index contributed by atoms with van der Waals surface area (Å²) in [5.74, 6) is 2.47. The molecule has 0 aliphatic carbocycles. The Hall–Kier alpha value is -2.66. The molecule has 0 bridgehead atoms. The molecule has 1 fully saturated rings. The predicted molar refractivity (Wildman–Crippen MR) is 110 cm³/mol.